The number of benzene rings is 2. The molecule has 3 nitrogen and oxygen atoms in total. The number of amides is 1. The maximum Gasteiger partial charge on any atom is 0.254 e. The van der Waals surface area contributed by atoms with Crippen molar-refractivity contribution in [1.29, 1.82) is 0 Å². The number of carbonyl (C=O) groups is 1. The Balaban J connectivity index is 1.65. The minimum Gasteiger partial charge on any atom is -0.464 e. The second kappa shape index (κ2) is 6.23. The molecular weight excluding hydrogens is 334 g/mol. The van der Waals surface area contributed by atoms with E-state index < -0.39 is 0 Å². The third kappa shape index (κ3) is 2.73. The SMILES string of the molecule is CCc1c(C)c(Cl)cc2c1CCN(C(=O)c1ccc3ccoc3c1)C2. The van der Waals surface area contributed by atoms with E-state index in [0.717, 1.165) is 35.4 Å². The summed E-state index contributed by atoms with van der Waals surface area (Å²) in [4.78, 5) is 14.8. The van der Waals surface area contributed by atoms with Crippen LogP contribution in [0.2, 0.25) is 5.02 Å². The molecule has 0 spiro atoms. The molecule has 2 heterocycles. The van der Waals surface area contributed by atoms with Gasteiger partial charge in [-0.15, -0.1) is 0 Å². The van der Waals surface area contributed by atoms with Crippen LogP contribution in [-0.2, 0) is 19.4 Å². The van der Waals surface area contributed by atoms with Crippen LogP contribution in [0.15, 0.2) is 41.0 Å². The van der Waals surface area contributed by atoms with Crippen molar-refractivity contribution in [3.63, 3.8) is 0 Å². The maximum absolute atomic E-state index is 12.9. The van der Waals surface area contributed by atoms with Crippen molar-refractivity contribution >= 4 is 28.5 Å². The highest BCUT2D eigenvalue weighted by molar-refractivity contribution is 6.31. The third-order valence-electron chi connectivity index (χ3n) is 5.20. The zero-order valence-electron chi connectivity index (χ0n) is 14.4. The van der Waals surface area contributed by atoms with Gasteiger partial charge in [0.05, 0.1) is 6.26 Å². The van der Waals surface area contributed by atoms with E-state index in [0.29, 0.717) is 12.1 Å². The number of carbonyl (C=O) groups excluding carboxylic acids is 1. The fraction of sp³-hybridized carbons (Fsp3) is 0.286. The number of halogens is 1. The summed E-state index contributed by atoms with van der Waals surface area (Å²) in [5.41, 5.74) is 6.47. The van der Waals surface area contributed by atoms with Gasteiger partial charge in [0.15, 0.2) is 0 Å². The molecule has 0 bridgehead atoms. The fourth-order valence-electron chi connectivity index (χ4n) is 3.82. The molecule has 4 rings (SSSR count). The highest BCUT2D eigenvalue weighted by Crippen LogP contribution is 2.31. The second-order valence-electron chi connectivity index (χ2n) is 6.60. The Labute approximate surface area is 152 Å². The first-order chi connectivity index (χ1) is 12.1. The summed E-state index contributed by atoms with van der Waals surface area (Å²) in [7, 11) is 0. The van der Waals surface area contributed by atoms with Crippen molar-refractivity contribution < 1.29 is 9.21 Å². The van der Waals surface area contributed by atoms with Crippen LogP contribution in [0.4, 0.5) is 0 Å². The maximum atomic E-state index is 12.9. The van der Waals surface area contributed by atoms with Gasteiger partial charge in [-0.05, 0) is 66.3 Å². The number of furan rings is 1. The largest absolute Gasteiger partial charge is 0.464 e. The first-order valence-corrected chi connectivity index (χ1v) is 9.02. The van der Waals surface area contributed by atoms with E-state index in [-0.39, 0.29) is 5.91 Å². The van der Waals surface area contributed by atoms with Crippen molar-refractivity contribution in [2.75, 3.05) is 6.54 Å². The first-order valence-electron chi connectivity index (χ1n) is 8.64. The predicted molar refractivity (Wildman–Crippen MR) is 100 cm³/mol. The minimum absolute atomic E-state index is 0.0405. The van der Waals surface area contributed by atoms with Crippen molar-refractivity contribution in [3.8, 4) is 0 Å². The molecule has 4 heteroatoms. The van der Waals surface area contributed by atoms with E-state index >= 15 is 0 Å². The van der Waals surface area contributed by atoms with Crippen LogP contribution in [0, 0.1) is 6.92 Å². The second-order valence-corrected chi connectivity index (χ2v) is 7.01. The molecule has 0 radical (unpaired) electrons. The zero-order chi connectivity index (χ0) is 17.6. The lowest BCUT2D eigenvalue weighted by Crippen LogP contribution is -2.36. The lowest BCUT2D eigenvalue weighted by atomic mass is 9.90. The molecule has 1 amide bonds. The van der Waals surface area contributed by atoms with Crippen LogP contribution >= 0.6 is 11.6 Å². The molecule has 2 aromatic carbocycles. The Bertz CT molecular complexity index is 973. The fourth-order valence-corrected chi connectivity index (χ4v) is 4.06. The molecule has 1 aliphatic rings. The van der Waals surface area contributed by atoms with Gasteiger partial charge in [-0.1, -0.05) is 24.6 Å². The van der Waals surface area contributed by atoms with Crippen molar-refractivity contribution in [3.05, 3.63) is 69.4 Å². The van der Waals surface area contributed by atoms with Crippen LogP contribution < -0.4 is 0 Å². The molecule has 25 heavy (non-hydrogen) atoms. The van der Waals surface area contributed by atoms with Crippen molar-refractivity contribution in [2.45, 2.75) is 33.2 Å². The van der Waals surface area contributed by atoms with E-state index in [1.165, 1.54) is 22.3 Å². The molecule has 3 aromatic rings. The Morgan fingerprint density at radius 3 is 2.92 bits per heavy atom. The minimum atomic E-state index is 0.0405. The van der Waals surface area contributed by atoms with E-state index in [1.54, 1.807) is 6.26 Å². The Hall–Kier alpha value is -2.26. The lowest BCUT2D eigenvalue weighted by Gasteiger charge is -2.31. The molecule has 0 saturated heterocycles. The number of fused-ring (bicyclic) bond motifs is 2. The molecule has 0 N–H and O–H groups in total. The summed E-state index contributed by atoms with van der Waals surface area (Å²) < 4.78 is 5.42. The van der Waals surface area contributed by atoms with Gasteiger partial charge in [0.2, 0.25) is 0 Å². The Morgan fingerprint density at radius 1 is 1.28 bits per heavy atom. The van der Waals surface area contributed by atoms with Gasteiger partial charge in [0.25, 0.3) is 5.91 Å². The standard InChI is InChI=1S/C21H20ClNO2/c1-3-17-13(2)19(22)10-16-12-23(8-6-18(16)17)21(24)15-5-4-14-7-9-25-20(14)11-15/h4-5,7,9-11H,3,6,8,12H2,1-2H3. The zero-order valence-corrected chi connectivity index (χ0v) is 15.2. The van der Waals surface area contributed by atoms with Gasteiger partial charge in [-0.25, -0.2) is 0 Å². The van der Waals surface area contributed by atoms with Gasteiger partial charge in [0.1, 0.15) is 5.58 Å². The average Bonchev–Trinajstić information content (AvgIpc) is 3.09. The summed E-state index contributed by atoms with van der Waals surface area (Å²) in [5.74, 6) is 0.0405. The van der Waals surface area contributed by atoms with Crippen LogP contribution in [-0.4, -0.2) is 17.4 Å². The molecule has 1 aromatic heterocycles. The molecule has 0 fully saturated rings. The van der Waals surface area contributed by atoms with E-state index in [4.69, 9.17) is 16.0 Å². The average molecular weight is 354 g/mol. The number of nitrogens with zero attached hydrogens (tertiary/aromatic N) is 1. The number of rotatable bonds is 2. The monoisotopic (exact) mass is 353 g/mol. The normalized spacial score (nSPS) is 14.0. The first kappa shape index (κ1) is 16.2. The Morgan fingerprint density at radius 2 is 2.12 bits per heavy atom. The van der Waals surface area contributed by atoms with E-state index in [1.807, 2.05) is 35.2 Å². The summed E-state index contributed by atoms with van der Waals surface area (Å²) in [5, 5.41) is 1.80. The van der Waals surface area contributed by atoms with Crippen LogP contribution in [0.3, 0.4) is 0 Å². The number of hydrogen-bond acceptors (Lipinski definition) is 2. The third-order valence-corrected chi connectivity index (χ3v) is 5.59. The smallest absolute Gasteiger partial charge is 0.254 e. The number of hydrogen-bond donors (Lipinski definition) is 0. The highest BCUT2D eigenvalue weighted by Gasteiger charge is 2.25. The van der Waals surface area contributed by atoms with E-state index in [9.17, 15) is 4.79 Å². The highest BCUT2D eigenvalue weighted by atomic mass is 35.5. The molecule has 0 unspecified atom stereocenters. The molecule has 0 saturated carbocycles. The van der Waals surface area contributed by atoms with Gasteiger partial charge in [-0.2, -0.15) is 0 Å². The van der Waals surface area contributed by atoms with Gasteiger partial charge < -0.3 is 9.32 Å². The van der Waals surface area contributed by atoms with Crippen LogP contribution in [0.5, 0.6) is 0 Å². The summed E-state index contributed by atoms with van der Waals surface area (Å²) >= 11 is 6.41. The molecule has 128 valence electrons. The van der Waals surface area contributed by atoms with Gasteiger partial charge >= 0.3 is 0 Å². The predicted octanol–water partition coefficient (Wildman–Crippen LogP) is 5.16. The summed E-state index contributed by atoms with van der Waals surface area (Å²) in [6.45, 7) is 5.58. The quantitative estimate of drug-likeness (QED) is 0.638. The topological polar surface area (TPSA) is 33.5 Å². The van der Waals surface area contributed by atoms with E-state index in [2.05, 4.69) is 13.8 Å². The van der Waals surface area contributed by atoms with Crippen molar-refractivity contribution in [2.24, 2.45) is 0 Å². The molecular formula is C21H20ClNO2. The van der Waals surface area contributed by atoms with Crippen LogP contribution in [0.1, 0.15) is 39.5 Å². The van der Waals surface area contributed by atoms with Gasteiger partial charge in [0, 0.05) is 29.1 Å². The Kier molecular flexibility index (Phi) is 4.04. The van der Waals surface area contributed by atoms with Crippen LogP contribution in [0.25, 0.3) is 11.0 Å². The summed E-state index contributed by atoms with van der Waals surface area (Å²) in [6.07, 6.45) is 3.50. The molecule has 0 aliphatic carbocycles. The molecule has 1 aliphatic heterocycles. The lowest BCUT2D eigenvalue weighted by molar-refractivity contribution is 0.0734. The summed E-state index contributed by atoms with van der Waals surface area (Å²) in [6, 6.07) is 9.55. The van der Waals surface area contributed by atoms with Gasteiger partial charge in [-0.3, -0.25) is 4.79 Å². The van der Waals surface area contributed by atoms with Crippen molar-refractivity contribution in [1.82, 2.24) is 4.90 Å². The molecule has 0 atom stereocenters.